The normalized spacial score (nSPS) is 18.9. The van der Waals surface area contributed by atoms with Crippen molar-refractivity contribution in [1.29, 1.82) is 0 Å². The van der Waals surface area contributed by atoms with Crippen LogP contribution in [0.3, 0.4) is 0 Å². The van der Waals surface area contributed by atoms with Crippen molar-refractivity contribution in [2.75, 3.05) is 12.3 Å². The Morgan fingerprint density at radius 3 is 2.76 bits per heavy atom. The number of nitrogens with zero attached hydrogens (tertiary/aromatic N) is 1. The summed E-state index contributed by atoms with van der Waals surface area (Å²) in [6.45, 7) is 4.92. The Labute approximate surface area is 108 Å². The Bertz CT molecular complexity index is 420. The van der Waals surface area contributed by atoms with Gasteiger partial charge in [-0.15, -0.1) is 12.4 Å². The van der Waals surface area contributed by atoms with Gasteiger partial charge in [0, 0.05) is 23.8 Å². The Morgan fingerprint density at radius 2 is 2.18 bits per heavy atom. The predicted molar refractivity (Wildman–Crippen MR) is 72.6 cm³/mol. The Kier molecular flexibility index (Phi) is 4.40. The van der Waals surface area contributed by atoms with E-state index in [2.05, 4.69) is 6.92 Å². The van der Waals surface area contributed by atoms with Crippen molar-refractivity contribution >= 4 is 24.0 Å². The number of hydrogen-bond donors (Lipinski definition) is 1. The summed E-state index contributed by atoms with van der Waals surface area (Å²) in [7, 11) is 0. The van der Waals surface area contributed by atoms with Gasteiger partial charge in [0.1, 0.15) is 0 Å². The molecule has 0 radical (unpaired) electrons. The summed E-state index contributed by atoms with van der Waals surface area (Å²) in [6, 6.07) is 5.87. The maximum Gasteiger partial charge on any atom is 0.254 e. The Morgan fingerprint density at radius 1 is 1.47 bits per heavy atom. The van der Waals surface area contributed by atoms with Gasteiger partial charge in [-0.2, -0.15) is 0 Å². The van der Waals surface area contributed by atoms with Crippen LogP contribution in [0.4, 0.5) is 5.69 Å². The van der Waals surface area contributed by atoms with E-state index < -0.39 is 0 Å². The minimum atomic E-state index is 0. The van der Waals surface area contributed by atoms with E-state index in [0.29, 0.717) is 11.7 Å². The van der Waals surface area contributed by atoms with Crippen molar-refractivity contribution in [2.45, 2.75) is 32.7 Å². The fourth-order valence-electron chi connectivity index (χ4n) is 2.26. The number of halogens is 1. The highest BCUT2D eigenvalue weighted by Gasteiger charge is 2.26. The van der Waals surface area contributed by atoms with E-state index in [0.717, 1.165) is 30.5 Å². The fraction of sp³-hybridized carbons (Fsp3) is 0.462. The molecule has 1 aromatic carbocycles. The van der Waals surface area contributed by atoms with Gasteiger partial charge in [-0.25, -0.2) is 0 Å². The monoisotopic (exact) mass is 254 g/mol. The molecule has 1 heterocycles. The van der Waals surface area contributed by atoms with Crippen molar-refractivity contribution in [3.63, 3.8) is 0 Å². The van der Waals surface area contributed by atoms with Gasteiger partial charge in [0.25, 0.3) is 5.91 Å². The number of amides is 1. The van der Waals surface area contributed by atoms with E-state index in [4.69, 9.17) is 5.73 Å². The molecule has 4 heteroatoms. The lowest BCUT2D eigenvalue weighted by molar-refractivity contribution is 0.0747. The average Bonchev–Trinajstić information content (AvgIpc) is 2.67. The number of nitrogens with two attached hydrogens (primary N) is 1. The molecule has 1 aliphatic rings. The summed E-state index contributed by atoms with van der Waals surface area (Å²) in [5, 5.41) is 0. The summed E-state index contributed by atoms with van der Waals surface area (Å²) >= 11 is 0. The van der Waals surface area contributed by atoms with E-state index >= 15 is 0 Å². The first-order valence-electron chi connectivity index (χ1n) is 5.76. The largest absolute Gasteiger partial charge is 0.399 e. The predicted octanol–water partition coefficient (Wildman–Crippen LogP) is 2.62. The van der Waals surface area contributed by atoms with Crippen molar-refractivity contribution in [2.24, 2.45) is 0 Å². The summed E-state index contributed by atoms with van der Waals surface area (Å²) in [4.78, 5) is 14.2. The number of aryl methyl sites for hydroxylation is 1. The van der Waals surface area contributed by atoms with Crippen molar-refractivity contribution < 1.29 is 4.79 Å². The second kappa shape index (κ2) is 5.41. The zero-order chi connectivity index (χ0) is 11.7. The van der Waals surface area contributed by atoms with E-state index in [-0.39, 0.29) is 18.3 Å². The quantitative estimate of drug-likeness (QED) is 0.783. The van der Waals surface area contributed by atoms with Crippen LogP contribution in [0, 0.1) is 6.92 Å². The number of nitrogen functional groups attached to an aromatic ring is 1. The minimum Gasteiger partial charge on any atom is -0.399 e. The highest BCUT2D eigenvalue weighted by Crippen LogP contribution is 2.22. The van der Waals surface area contributed by atoms with E-state index in [1.807, 2.05) is 24.0 Å². The molecule has 1 aliphatic heterocycles. The maximum atomic E-state index is 12.3. The second-order valence-corrected chi connectivity index (χ2v) is 4.56. The van der Waals surface area contributed by atoms with Crippen molar-refractivity contribution in [1.82, 2.24) is 4.90 Å². The lowest BCUT2D eigenvalue weighted by Gasteiger charge is -2.22. The smallest absolute Gasteiger partial charge is 0.254 e. The number of carbonyl (C=O) groups excluding carboxylic acids is 1. The number of benzene rings is 1. The number of carbonyl (C=O) groups is 1. The van der Waals surface area contributed by atoms with Crippen LogP contribution in [-0.2, 0) is 0 Å². The molecule has 0 bridgehead atoms. The lowest BCUT2D eigenvalue weighted by atomic mass is 10.1. The zero-order valence-corrected chi connectivity index (χ0v) is 11.1. The number of hydrogen-bond acceptors (Lipinski definition) is 2. The molecule has 1 aromatic rings. The molecule has 1 fully saturated rings. The topological polar surface area (TPSA) is 46.3 Å². The Hall–Kier alpha value is -1.22. The first kappa shape index (κ1) is 13.8. The highest BCUT2D eigenvalue weighted by atomic mass is 35.5. The van der Waals surface area contributed by atoms with Gasteiger partial charge in [-0.3, -0.25) is 4.79 Å². The van der Waals surface area contributed by atoms with Crippen LogP contribution in [-0.4, -0.2) is 23.4 Å². The fourth-order valence-corrected chi connectivity index (χ4v) is 2.26. The molecular formula is C13H19ClN2O. The van der Waals surface area contributed by atoms with Crippen LogP contribution >= 0.6 is 12.4 Å². The molecule has 1 saturated heterocycles. The molecule has 0 spiro atoms. The molecule has 94 valence electrons. The van der Waals surface area contributed by atoms with E-state index in [1.165, 1.54) is 0 Å². The van der Waals surface area contributed by atoms with Crippen LogP contribution in [0.2, 0.25) is 0 Å². The molecule has 17 heavy (non-hydrogen) atoms. The number of anilines is 1. The van der Waals surface area contributed by atoms with Crippen LogP contribution in [0.15, 0.2) is 18.2 Å². The maximum absolute atomic E-state index is 12.3. The van der Waals surface area contributed by atoms with Gasteiger partial charge in [0.2, 0.25) is 0 Å². The van der Waals surface area contributed by atoms with Crippen LogP contribution < -0.4 is 5.73 Å². The van der Waals surface area contributed by atoms with Gasteiger partial charge < -0.3 is 10.6 Å². The van der Waals surface area contributed by atoms with Gasteiger partial charge in [0.15, 0.2) is 0 Å². The summed E-state index contributed by atoms with van der Waals surface area (Å²) in [6.07, 6.45) is 2.21. The molecule has 1 atom stereocenters. The van der Waals surface area contributed by atoms with Gasteiger partial charge in [0.05, 0.1) is 0 Å². The minimum absolute atomic E-state index is 0. The number of likely N-dealkylation sites (tertiary alicyclic amines) is 1. The lowest BCUT2D eigenvalue weighted by Crippen LogP contribution is -2.34. The van der Waals surface area contributed by atoms with Gasteiger partial charge in [-0.1, -0.05) is 6.07 Å². The molecule has 3 nitrogen and oxygen atoms in total. The molecule has 0 aliphatic carbocycles. The van der Waals surface area contributed by atoms with Crippen LogP contribution in [0.5, 0.6) is 0 Å². The molecular weight excluding hydrogens is 236 g/mol. The molecule has 2 rings (SSSR count). The third-order valence-electron chi connectivity index (χ3n) is 3.31. The molecule has 2 N–H and O–H groups in total. The molecule has 0 saturated carbocycles. The van der Waals surface area contributed by atoms with Crippen LogP contribution in [0.1, 0.15) is 35.7 Å². The number of rotatable bonds is 1. The third kappa shape index (κ3) is 2.72. The summed E-state index contributed by atoms with van der Waals surface area (Å²) in [5.74, 6) is 0.120. The van der Waals surface area contributed by atoms with Gasteiger partial charge >= 0.3 is 0 Å². The average molecular weight is 255 g/mol. The SMILES string of the molecule is Cc1ccc(N)cc1C(=O)N1CCCC1C.Cl. The molecule has 1 amide bonds. The van der Waals surface area contributed by atoms with Crippen LogP contribution in [0.25, 0.3) is 0 Å². The molecule has 0 aromatic heterocycles. The summed E-state index contributed by atoms with van der Waals surface area (Å²) < 4.78 is 0. The standard InChI is InChI=1S/C13H18N2O.ClH/c1-9-5-6-11(14)8-12(9)13(16)15-7-3-4-10(15)2;/h5-6,8,10H,3-4,7,14H2,1-2H3;1H. The Balaban J connectivity index is 0.00000144. The van der Waals surface area contributed by atoms with Gasteiger partial charge in [-0.05, 0) is 44.4 Å². The van der Waals surface area contributed by atoms with E-state index in [1.54, 1.807) is 6.07 Å². The summed E-state index contributed by atoms with van der Waals surface area (Å²) in [5.41, 5.74) is 8.12. The zero-order valence-electron chi connectivity index (χ0n) is 10.3. The first-order valence-corrected chi connectivity index (χ1v) is 5.76. The third-order valence-corrected chi connectivity index (χ3v) is 3.31. The van der Waals surface area contributed by atoms with E-state index in [9.17, 15) is 4.79 Å². The molecule has 1 unspecified atom stereocenters. The second-order valence-electron chi connectivity index (χ2n) is 4.56. The first-order chi connectivity index (χ1) is 7.59. The highest BCUT2D eigenvalue weighted by molar-refractivity contribution is 5.96. The van der Waals surface area contributed by atoms with Crippen molar-refractivity contribution in [3.05, 3.63) is 29.3 Å². The van der Waals surface area contributed by atoms with Crippen molar-refractivity contribution in [3.8, 4) is 0 Å².